The Morgan fingerprint density at radius 2 is 1.27 bits per heavy atom. The topological polar surface area (TPSA) is 27.7 Å². The first kappa shape index (κ1) is 28.2. The molecule has 0 aromatic carbocycles. The Balaban J connectivity index is 3.96. The molecule has 0 bridgehead atoms. The molecule has 1 unspecified atom stereocenters. The first-order valence-electron chi connectivity index (χ1n) is 10.4. The van der Waals surface area contributed by atoms with E-state index in [0.29, 0.717) is 0 Å². The second-order valence-corrected chi connectivity index (χ2v) is 34.2. The van der Waals surface area contributed by atoms with Crippen LogP contribution in [-0.4, -0.2) is 46.3 Å². The fraction of sp³-hybridized carbons (Fsp3) is 0.652. The summed E-state index contributed by atoms with van der Waals surface area (Å²) in [4.78, 5) is 0. The third kappa shape index (κ3) is 5.56. The van der Waals surface area contributed by atoms with E-state index in [0.717, 1.165) is 18.5 Å². The second kappa shape index (κ2) is 10.4. The van der Waals surface area contributed by atoms with E-state index in [-0.39, 0.29) is 5.54 Å². The molecule has 0 aromatic heterocycles. The molecular formula is C23H46O3PtSi3. The molecular weight excluding hydrogens is 604 g/mol. The molecule has 0 heterocycles. The molecule has 0 amide bonds. The SMILES string of the molecule is C=CC[Si](C)(C)C1=C(C(C)[Si](OC)(OC)OC)C[C]([Pt]([CH3])([CH3])[CH3])=C1[Si](C)(C)CC=C. The molecule has 0 aromatic rings. The summed E-state index contributed by atoms with van der Waals surface area (Å²) in [7, 11) is -1.01. The Kier molecular flexibility index (Phi) is 9.79. The Morgan fingerprint density at radius 1 is 0.867 bits per heavy atom. The van der Waals surface area contributed by atoms with Gasteiger partial charge in [0.2, 0.25) is 0 Å². The van der Waals surface area contributed by atoms with Crippen LogP contribution in [0.1, 0.15) is 13.3 Å². The maximum atomic E-state index is 5.97. The van der Waals surface area contributed by atoms with Crippen LogP contribution in [0.15, 0.2) is 45.2 Å². The van der Waals surface area contributed by atoms with Crippen molar-refractivity contribution >= 4 is 25.0 Å². The van der Waals surface area contributed by atoms with E-state index in [1.165, 1.54) is 0 Å². The molecule has 0 spiro atoms. The van der Waals surface area contributed by atoms with Crippen LogP contribution in [0.25, 0.3) is 0 Å². The standard InChI is InChI=1S/C20H37O3Si3.3CH3.Pt/c1-11-15-24(7,8)19-14-13-18(20(19)25(9,10)16-12-2)17(3)26(21-4,22-5)23-6;;;;/h11-12,17H,1-2,13,15-16H2,3-10H3;3*1H3;. The summed E-state index contributed by atoms with van der Waals surface area (Å²) in [6.07, 6.45) is 5.36. The van der Waals surface area contributed by atoms with Gasteiger partial charge in [0, 0.05) is 0 Å². The van der Waals surface area contributed by atoms with E-state index < -0.39 is 41.0 Å². The van der Waals surface area contributed by atoms with Gasteiger partial charge in [-0.15, -0.1) is 0 Å². The van der Waals surface area contributed by atoms with Gasteiger partial charge in [0.15, 0.2) is 0 Å². The van der Waals surface area contributed by atoms with E-state index in [9.17, 15) is 0 Å². The molecule has 1 rings (SSSR count). The fourth-order valence-corrected chi connectivity index (χ4v) is 22.8. The van der Waals surface area contributed by atoms with Crippen molar-refractivity contribution in [2.75, 3.05) is 21.3 Å². The summed E-state index contributed by atoms with van der Waals surface area (Å²) in [6.45, 7) is 20.6. The van der Waals surface area contributed by atoms with Crippen molar-refractivity contribution in [1.82, 2.24) is 0 Å². The van der Waals surface area contributed by atoms with E-state index in [4.69, 9.17) is 13.3 Å². The summed E-state index contributed by atoms with van der Waals surface area (Å²) in [5.74, 6) is 0. The molecule has 178 valence electrons. The summed E-state index contributed by atoms with van der Waals surface area (Å²) in [5, 5.41) is 11.1. The van der Waals surface area contributed by atoms with E-state index in [1.54, 1.807) is 41.3 Å². The Hall–Kier alpha value is 0.179. The third-order valence-corrected chi connectivity index (χ3v) is 21.7. The van der Waals surface area contributed by atoms with Crippen LogP contribution < -0.4 is 0 Å². The molecule has 7 heteroatoms. The van der Waals surface area contributed by atoms with Crippen molar-refractivity contribution in [2.24, 2.45) is 0 Å². The zero-order valence-electron chi connectivity index (χ0n) is 21.3. The van der Waals surface area contributed by atoms with Gasteiger partial charge in [-0.05, 0) is 0 Å². The minimum atomic E-state index is -2.80. The zero-order chi connectivity index (χ0) is 23.5. The van der Waals surface area contributed by atoms with Crippen molar-refractivity contribution in [3.05, 3.63) is 45.2 Å². The average Bonchev–Trinajstić information content (AvgIpc) is 3.06. The first-order valence-corrected chi connectivity index (χ1v) is 26.6. The van der Waals surface area contributed by atoms with Crippen molar-refractivity contribution in [1.29, 1.82) is 0 Å². The van der Waals surface area contributed by atoms with Crippen LogP contribution >= 0.6 is 0 Å². The number of hydrogen-bond donors (Lipinski definition) is 0. The molecule has 0 saturated carbocycles. The van der Waals surface area contributed by atoms with Crippen molar-refractivity contribution in [3.63, 3.8) is 0 Å². The van der Waals surface area contributed by atoms with Gasteiger partial charge in [0.25, 0.3) is 0 Å². The van der Waals surface area contributed by atoms with Crippen molar-refractivity contribution in [3.8, 4) is 0 Å². The van der Waals surface area contributed by atoms with Crippen LogP contribution in [0.3, 0.4) is 0 Å². The van der Waals surface area contributed by atoms with Gasteiger partial charge in [-0.2, -0.15) is 0 Å². The fourth-order valence-electron chi connectivity index (χ4n) is 4.77. The van der Waals surface area contributed by atoms with E-state index >= 15 is 0 Å². The molecule has 3 nitrogen and oxygen atoms in total. The Bertz CT molecular complexity index is 705. The van der Waals surface area contributed by atoms with Gasteiger partial charge in [0.1, 0.15) is 0 Å². The summed E-state index contributed by atoms with van der Waals surface area (Å²) >= 11 is -2.01. The van der Waals surface area contributed by atoms with Crippen LogP contribution in [0, 0.1) is 0 Å². The van der Waals surface area contributed by atoms with Gasteiger partial charge in [-0.3, -0.25) is 0 Å². The maximum absolute atomic E-state index is 5.97. The van der Waals surface area contributed by atoms with Gasteiger partial charge >= 0.3 is 194 Å². The minimum absolute atomic E-state index is 0.147. The predicted octanol–water partition coefficient (Wildman–Crippen LogP) is 7.37. The molecule has 0 saturated heterocycles. The van der Waals surface area contributed by atoms with E-state index in [1.807, 2.05) is 0 Å². The molecule has 0 N–H and O–H groups in total. The third-order valence-electron chi connectivity index (χ3n) is 6.30. The molecule has 30 heavy (non-hydrogen) atoms. The molecule has 1 aliphatic rings. The Labute approximate surface area is 193 Å². The summed E-state index contributed by atoms with van der Waals surface area (Å²) in [5.41, 5.74) is 1.69. The molecule has 1 atom stereocenters. The average molecular weight is 650 g/mol. The molecule has 0 aliphatic heterocycles. The monoisotopic (exact) mass is 649 g/mol. The van der Waals surface area contributed by atoms with Crippen LogP contribution in [0.5, 0.6) is 0 Å². The van der Waals surface area contributed by atoms with Gasteiger partial charge in [-0.25, -0.2) is 0 Å². The number of hydrogen-bond acceptors (Lipinski definition) is 3. The summed E-state index contributed by atoms with van der Waals surface area (Å²) < 4.78 is 19.7. The number of allylic oxidation sites excluding steroid dienone is 6. The zero-order valence-corrected chi connectivity index (χ0v) is 26.6. The van der Waals surface area contributed by atoms with Crippen molar-refractivity contribution < 1.29 is 29.3 Å². The molecule has 0 fully saturated rings. The van der Waals surface area contributed by atoms with Crippen LogP contribution in [0.4, 0.5) is 0 Å². The van der Waals surface area contributed by atoms with Gasteiger partial charge < -0.3 is 0 Å². The Morgan fingerprint density at radius 3 is 1.60 bits per heavy atom. The first-order chi connectivity index (χ1) is 13.7. The van der Waals surface area contributed by atoms with E-state index in [2.05, 4.69) is 74.4 Å². The normalized spacial score (nSPS) is 18.1. The van der Waals surface area contributed by atoms with Crippen LogP contribution in [-0.2, 0) is 29.3 Å². The predicted molar refractivity (Wildman–Crippen MR) is 137 cm³/mol. The molecule has 1 aliphatic carbocycles. The van der Waals surface area contributed by atoms with Crippen molar-refractivity contribution in [2.45, 2.75) is 73.1 Å². The van der Waals surface area contributed by atoms with Crippen LogP contribution in [0.2, 0.25) is 59.8 Å². The quantitative estimate of drug-likeness (QED) is 0.163. The second-order valence-electron chi connectivity index (χ2n) is 9.93. The number of rotatable bonds is 12. The van der Waals surface area contributed by atoms with Gasteiger partial charge in [-0.1, -0.05) is 0 Å². The van der Waals surface area contributed by atoms with Gasteiger partial charge in [0.05, 0.1) is 0 Å². The summed E-state index contributed by atoms with van der Waals surface area (Å²) in [6, 6.07) is 2.21. The molecule has 0 radical (unpaired) electrons.